The summed E-state index contributed by atoms with van der Waals surface area (Å²) in [4.78, 5) is 0. The number of hydrogen-bond donors (Lipinski definition) is 0. The molecule has 0 aliphatic rings. The second-order valence-electron chi connectivity index (χ2n) is 1.51. The first-order valence-electron chi connectivity index (χ1n) is 2.45. The number of rotatable bonds is 0. The predicted octanol–water partition coefficient (Wildman–Crippen LogP) is 2.29. The Morgan fingerprint density at radius 3 is 2.00 bits per heavy atom. The maximum atomic E-state index is 5.10. The van der Waals surface area contributed by atoms with Crippen molar-refractivity contribution >= 4 is 24.0 Å². The molecule has 0 nitrogen and oxygen atoms in total. The molecule has 0 spiro atoms. The molecule has 0 saturated heterocycles. The molecule has 1 heteroatoms. The fourth-order valence-electron chi connectivity index (χ4n) is 0.534. The van der Waals surface area contributed by atoms with Crippen molar-refractivity contribution in [2.75, 3.05) is 0 Å². The van der Waals surface area contributed by atoms with E-state index in [0.717, 1.165) is 5.56 Å². The third kappa shape index (κ3) is 2.52. The highest BCUT2D eigenvalue weighted by Gasteiger charge is 1.76. The highest BCUT2D eigenvalue weighted by atomic mass is 127. The van der Waals surface area contributed by atoms with E-state index in [1.54, 1.807) is 0 Å². The maximum absolute atomic E-state index is 5.10. The van der Waals surface area contributed by atoms with Crippen LogP contribution in [-0.2, 0) is 0 Å². The van der Waals surface area contributed by atoms with E-state index in [1.165, 1.54) is 0 Å². The zero-order valence-electron chi connectivity index (χ0n) is 4.87. The first kappa shape index (κ1) is 8.51. The molecule has 0 unspecified atom stereocenters. The molecular weight excluding hydrogens is 223 g/mol. The van der Waals surface area contributed by atoms with E-state index in [4.69, 9.17) is 6.42 Å². The van der Waals surface area contributed by atoms with E-state index in [2.05, 4.69) is 5.92 Å². The van der Waals surface area contributed by atoms with Gasteiger partial charge in [0.25, 0.3) is 0 Å². The summed E-state index contributed by atoms with van der Waals surface area (Å²) >= 11 is 0. The molecule has 0 radical (unpaired) electrons. The molecule has 0 fully saturated rings. The van der Waals surface area contributed by atoms with Gasteiger partial charge in [-0.25, -0.2) is 0 Å². The lowest BCUT2D eigenvalue weighted by atomic mass is 10.2. The Balaban J connectivity index is 0.000000640. The van der Waals surface area contributed by atoms with Gasteiger partial charge in [0, 0.05) is 5.56 Å². The molecule has 0 aliphatic heterocycles. The van der Waals surface area contributed by atoms with E-state index >= 15 is 0 Å². The summed E-state index contributed by atoms with van der Waals surface area (Å²) in [5.74, 6) is 2.53. The Bertz CT molecular complexity index is 196. The lowest BCUT2D eigenvalue weighted by Crippen LogP contribution is -1.66. The molecule has 0 bridgehead atoms. The zero-order chi connectivity index (χ0) is 5.82. The normalized spacial score (nSPS) is 7.00. The van der Waals surface area contributed by atoms with E-state index < -0.39 is 0 Å². The van der Waals surface area contributed by atoms with Crippen molar-refractivity contribution < 1.29 is 0 Å². The number of halogens is 1. The van der Waals surface area contributed by atoms with Crippen molar-refractivity contribution in [3.8, 4) is 12.3 Å². The van der Waals surface area contributed by atoms with Crippen LogP contribution in [0, 0.1) is 12.3 Å². The van der Waals surface area contributed by atoms with Gasteiger partial charge in [-0.15, -0.1) is 30.4 Å². The van der Waals surface area contributed by atoms with Crippen LogP contribution in [0.5, 0.6) is 0 Å². The van der Waals surface area contributed by atoms with Gasteiger partial charge in [-0.05, 0) is 12.1 Å². The maximum Gasteiger partial charge on any atom is 0.0242 e. The summed E-state index contributed by atoms with van der Waals surface area (Å²) in [6.45, 7) is 0. The van der Waals surface area contributed by atoms with Gasteiger partial charge in [0.1, 0.15) is 0 Å². The van der Waals surface area contributed by atoms with Crippen LogP contribution in [0.2, 0.25) is 0 Å². The van der Waals surface area contributed by atoms with E-state index in [0.29, 0.717) is 0 Å². The summed E-state index contributed by atoms with van der Waals surface area (Å²) in [7, 11) is 0. The quantitative estimate of drug-likeness (QED) is 0.473. The smallest absolute Gasteiger partial charge is 0.0242 e. The Hall–Kier alpha value is -0.490. The average Bonchev–Trinajstić information content (AvgIpc) is 1.90. The summed E-state index contributed by atoms with van der Waals surface area (Å²) in [5, 5.41) is 0. The molecule has 1 rings (SSSR count). The van der Waals surface area contributed by atoms with Crippen LogP contribution >= 0.6 is 24.0 Å². The highest BCUT2D eigenvalue weighted by molar-refractivity contribution is 14.0. The van der Waals surface area contributed by atoms with Crippen LogP contribution < -0.4 is 0 Å². The molecule has 9 heavy (non-hydrogen) atoms. The van der Waals surface area contributed by atoms with E-state index in [1.807, 2.05) is 30.3 Å². The minimum Gasteiger partial charge on any atom is -0.115 e. The number of benzene rings is 1. The fourth-order valence-corrected chi connectivity index (χ4v) is 0.534. The predicted molar refractivity (Wildman–Crippen MR) is 49.8 cm³/mol. The minimum absolute atomic E-state index is 0. The molecular formula is C8H7I. The second-order valence-corrected chi connectivity index (χ2v) is 1.51. The first-order valence-corrected chi connectivity index (χ1v) is 2.45. The first-order chi connectivity index (χ1) is 3.93. The van der Waals surface area contributed by atoms with Crippen LogP contribution in [0.15, 0.2) is 30.3 Å². The molecule has 1 aromatic carbocycles. The van der Waals surface area contributed by atoms with E-state index in [-0.39, 0.29) is 24.0 Å². The number of terminal acetylenes is 1. The molecule has 0 aliphatic carbocycles. The second kappa shape index (κ2) is 4.39. The Labute approximate surface area is 72.3 Å². The summed E-state index contributed by atoms with van der Waals surface area (Å²) in [6.07, 6.45) is 5.10. The summed E-state index contributed by atoms with van der Waals surface area (Å²) in [6, 6.07) is 9.60. The zero-order valence-corrected chi connectivity index (χ0v) is 7.20. The molecule has 0 heterocycles. The monoisotopic (exact) mass is 230 g/mol. The standard InChI is InChI=1S/C8H6.HI/c1-2-8-6-4-3-5-7-8;/h1,3-7H;1H. The van der Waals surface area contributed by atoms with Gasteiger partial charge in [-0.3, -0.25) is 0 Å². The molecule has 0 amide bonds. The largest absolute Gasteiger partial charge is 0.115 e. The van der Waals surface area contributed by atoms with Crippen LogP contribution in [-0.4, -0.2) is 0 Å². The summed E-state index contributed by atoms with van der Waals surface area (Å²) in [5.41, 5.74) is 0.938. The van der Waals surface area contributed by atoms with Crippen LogP contribution in [0.25, 0.3) is 0 Å². The molecule has 46 valence electrons. The van der Waals surface area contributed by atoms with Gasteiger partial charge in [-0.2, -0.15) is 0 Å². The van der Waals surface area contributed by atoms with Gasteiger partial charge >= 0.3 is 0 Å². The highest BCUT2D eigenvalue weighted by Crippen LogP contribution is 1.92. The van der Waals surface area contributed by atoms with Gasteiger partial charge in [0.05, 0.1) is 0 Å². The molecule has 0 atom stereocenters. The van der Waals surface area contributed by atoms with E-state index in [9.17, 15) is 0 Å². The van der Waals surface area contributed by atoms with Gasteiger partial charge in [0.2, 0.25) is 0 Å². The molecule has 1 aromatic rings. The molecule has 0 aromatic heterocycles. The Morgan fingerprint density at radius 2 is 1.67 bits per heavy atom. The van der Waals surface area contributed by atoms with Gasteiger partial charge in [0.15, 0.2) is 0 Å². The third-order valence-electron chi connectivity index (χ3n) is 0.940. The van der Waals surface area contributed by atoms with Crippen molar-refractivity contribution in [1.82, 2.24) is 0 Å². The molecule has 0 saturated carbocycles. The lowest BCUT2D eigenvalue weighted by Gasteiger charge is -1.82. The summed E-state index contributed by atoms with van der Waals surface area (Å²) < 4.78 is 0. The minimum atomic E-state index is 0. The van der Waals surface area contributed by atoms with Crippen molar-refractivity contribution in [1.29, 1.82) is 0 Å². The van der Waals surface area contributed by atoms with Crippen molar-refractivity contribution in [2.45, 2.75) is 0 Å². The van der Waals surface area contributed by atoms with Gasteiger partial charge < -0.3 is 0 Å². The Kier molecular flexibility index (Phi) is 4.16. The average molecular weight is 230 g/mol. The molecule has 0 N–H and O–H groups in total. The van der Waals surface area contributed by atoms with Crippen LogP contribution in [0.1, 0.15) is 5.56 Å². The van der Waals surface area contributed by atoms with Gasteiger partial charge in [-0.1, -0.05) is 24.1 Å². The lowest BCUT2D eigenvalue weighted by molar-refractivity contribution is 1.65. The van der Waals surface area contributed by atoms with Crippen molar-refractivity contribution in [3.05, 3.63) is 35.9 Å². The number of hydrogen-bond acceptors (Lipinski definition) is 0. The third-order valence-corrected chi connectivity index (χ3v) is 0.940. The fraction of sp³-hybridized carbons (Fsp3) is 0. The topological polar surface area (TPSA) is 0 Å². The Morgan fingerprint density at radius 1 is 1.11 bits per heavy atom. The van der Waals surface area contributed by atoms with Crippen molar-refractivity contribution in [2.24, 2.45) is 0 Å². The van der Waals surface area contributed by atoms with Crippen molar-refractivity contribution in [3.63, 3.8) is 0 Å². The SMILES string of the molecule is C#Cc1ccccc1.I. The van der Waals surface area contributed by atoms with Crippen LogP contribution in [0.3, 0.4) is 0 Å². The van der Waals surface area contributed by atoms with Crippen LogP contribution in [0.4, 0.5) is 0 Å².